The first-order valence-electron chi connectivity index (χ1n) is 5.17. The number of carbonyl (C=O) groups excluding carboxylic acids is 2. The summed E-state index contributed by atoms with van der Waals surface area (Å²) in [5.74, 6) is -0.667. The molecule has 1 aromatic rings. The van der Waals surface area contributed by atoms with Gasteiger partial charge in [-0.25, -0.2) is 0 Å². The second kappa shape index (κ2) is 3.91. The van der Waals surface area contributed by atoms with Crippen LogP contribution in [0, 0.1) is 5.92 Å². The molecule has 0 N–H and O–H groups in total. The second-order valence-electron chi connectivity index (χ2n) is 4.27. The number of halogens is 1. The van der Waals surface area contributed by atoms with Crippen molar-refractivity contribution in [3.05, 3.63) is 28.8 Å². The van der Waals surface area contributed by atoms with E-state index in [1.54, 1.807) is 18.2 Å². The van der Waals surface area contributed by atoms with E-state index in [1.165, 1.54) is 4.90 Å². The lowest BCUT2D eigenvalue weighted by molar-refractivity contribution is -0.114. The first-order valence-corrected chi connectivity index (χ1v) is 5.55. The molecule has 16 heavy (non-hydrogen) atoms. The summed E-state index contributed by atoms with van der Waals surface area (Å²) in [6.07, 6.45) is 0. The second-order valence-corrected chi connectivity index (χ2v) is 4.68. The Morgan fingerprint density at radius 2 is 2.00 bits per heavy atom. The van der Waals surface area contributed by atoms with Crippen molar-refractivity contribution in [2.45, 2.75) is 13.8 Å². The fourth-order valence-electron chi connectivity index (χ4n) is 1.85. The van der Waals surface area contributed by atoms with Crippen LogP contribution in [-0.2, 0) is 4.79 Å². The molecule has 0 fully saturated rings. The van der Waals surface area contributed by atoms with Crippen LogP contribution in [0.25, 0.3) is 0 Å². The van der Waals surface area contributed by atoms with Crippen molar-refractivity contribution >= 4 is 29.0 Å². The molecule has 0 atom stereocenters. The molecule has 0 saturated carbocycles. The number of ketones is 1. The molecule has 0 spiro atoms. The van der Waals surface area contributed by atoms with Gasteiger partial charge in [0.15, 0.2) is 0 Å². The monoisotopic (exact) mass is 237 g/mol. The number of hydrogen-bond acceptors (Lipinski definition) is 2. The Hall–Kier alpha value is -1.35. The summed E-state index contributed by atoms with van der Waals surface area (Å²) < 4.78 is 0. The molecule has 1 aliphatic heterocycles. The van der Waals surface area contributed by atoms with Crippen LogP contribution < -0.4 is 4.90 Å². The van der Waals surface area contributed by atoms with Gasteiger partial charge in [0.2, 0.25) is 0 Å². The SMILES string of the molecule is CC(C)CN1C(=O)C(=O)c2c(Cl)cccc21. The van der Waals surface area contributed by atoms with Crippen molar-refractivity contribution < 1.29 is 9.59 Å². The molecule has 1 aromatic carbocycles. The molecule has 1 heterocycles. The van der Waals surface area contributed by atoms with Gasteiger partial charge in [-0.3, -0.25) is 9.59 Å². The van der Waals surface area contributed by atoms with Crippen molar-refractivity contribution in [3.63, 3.8) is 0 Å². The van der Waals surface area contributed by atoms with Gasteiger partial charge in [0.1, 0.15) is 0 Å². The van der Waals surface area contributed by atoms with Crippen LogP contribution in [0.1, 0.15) is 24.2 Å². The molecule has 84 valence electrons. The third kappa shape index (κ3) is 1.61. The first kappa shape index (κ1) is 11.1. The summed E-state index contributed by atoms with van der Waals surface area (Å²) >= 11 is 5.93. The number of fused-ring (bicyclic) bond motifs is 1. The molecule has 1 amide bonds. The highest BCUT2D eigenvalue weighted by Crippen LogP contribution is 2.34. The molecule has 4 heteroatoms. The standard InChI is InChI=1S/C12H12ClNO2/c1-7(2)6-14-9-5-3-4-8(13)10(9)11(15)12(14)16/h3-5,7H,6H2,1-2H3. The topological polar surface area (TPSA) is 37.4 Å². The summed E-state index contributed by atoms with van der Waals surface area (Å²) in [4.78, 5) is 25.0. The highest BCUT2D eigenvalue weighted by atomic mass is 35.5. The minimum Gasteiger partial charge on any atom is -0.304 e. The van der Waals surface area contributed by atoms with E-state index in [-0.39, 0.29) is 0 Å². The third-order valence-electron chi connectivity index (χ3n) is 2.50. The maximum Gasteiger partial charge on any atom is 0.299 e. The van der Waals surface area contributed by atoms with Gasteiger partial charge in [0.25, 0.3) is 11.7 Å². The molecule has 0 unspecified atom stereocenters. The summed E-state index contributed by atoms with van der Waals surface area (Å²) in [5, 5.41) is 0.349. The highest BCUT2D eigenvalue weighted by Gasteiger charge is 2.37. The highest BCUT2D eigenvalue weighted by molar-refractivity contribution is 6.55. The van der Waals surface area contributed by atoms with Gasteiger partial charge in [0.05, 0.1) is 16.3 Å². The summed E-state index contributed by atoms with van der Waals surface area (Å²) in [7, 11) is 0. The van der Waals surface area contributed by atoms with Gasteiger partial charge < -0.3 is 4.90 Å². The number of Topliss-reactive ketones (excluding diaryl/α,β-unsaturated/α-hetero) is 1. The van der Waals surface area contributed by atoms with Crippen LogP contribution in [0.3, 0.4) is 0 Å². The zero-order valence-corrected chi connectivity index (χ0v) is 9.91. The molecular weight excluding hydrogens is 226 g/mol. The fraction of sp³-hybridized carbons (Fsp3) is 0.333. The average molecular weight is 238 g/mol. The minimum atomic E-state index is -0.499. The normalized spacial score (nSPS) is 14.9. The van der Waals surface area contributed by atoms with Crippen molar-refractivity contribution in [2.24, 2.45) is 5.92 Å². The fourth-order valence-corrected chi connectivity index (χ4v) is 2.10. The molecule has 1 aliphatic rings. The first-order chi connectivity index (χ1) is 7.52. The summed E-state index contributed by atoms with van der Waals surface area (Å²) in [6, 6.07) is 5.14. The van der Waals surface area contributed by atoms with E-state index in [1.807, 2.05) is 13.8 Å². The third-order valence-corrected chi connectivity index (χ3v) is 2.81. The predicted molar refractivity (Wildman–Crippen MR) is 63.0 cm³/mol. The Balaban J connectivity index is 2.50. The van der Waals surface area contributed by atoms with E-state index < -0.39 is 11.7 Å². The van der Waals surface area contributed by atoms with E-state index in [4.69, 9.17) is 11.6 Å². The molecule has 0 bridgehead atoms. The van der Waals surface area contributed by atoms with Crippen LogP contribution in [0.5, 0.6) is 0 Å². The Kier molecular flexibility index (Phi) is 2.72. The average Bonchev–Trinajstić information content (AvgIpc) is 2.44. The quantitative estimate of drug-likeness (QED) is 0.742. The minimum absolute atomic E-state index is 0.307. The smallest absolute Gasteiger partial charge is 0.299 e. The van der Waals surface area contributed by atoms with Gasteiger partial charge in [-0.15, -0.1) is 0 Å². The maximum atomic E-state index is 11.8. The predicted octanol–water partition coefficient (Wildman–Crippen LogP) is 2.53. The molecule has 0 aromatic heterocycles. The lowest BCUT2D eigenvalue weighted by Crippen LogP contribution is -2.32. The zero-order valence-electron chi connectivity index (χ0n) is 9.16. The number of benzene rings is 1. The molecule has 3 nitrogen and oxygen atoms in total. The van der Waals surface area contributed by atoms with E-state index in [9.17, 15) is 9.59 Å². The molecule has 2 rings (SSSR count). The lowest BCUT2D eigenvalue weighted by atomic mass is 10.1. The van der Waals surface area contributed by atoms with E-state index >= 15 is 0 Å². The van der Waals surface area contributed by atoms with Gasteiger partial charge >= 0.3 is 0 Å². The lowest BCUT2D eigenvalue weighted by Gasteiger charge is -2.18. The number of anilines is 1. The van der Waals surface area contributed by atoms with Gasteiger partial charge in [-0.2, -0.15) is 0 Å². The van der Waals surface area contributed by atoms with Crippen molar-refractivity contribution in [2.75, 3.05) is 11.4 Å². The van der Waals surface area contributed by atoms with Gasteiger partial charge in [-0.1, -0.05) is 31.5 Å². The maximum absolute atomic E-state index is 11.8. The molecule has 0 saturated heterocycles. The van der Waals surface area contributed by atoms with Crippen LogP contribution in [0.15, 0.2) is 18.2 Å². The summed E-state index contributed by atoms with van der Waals surface area (Å²) in [5.41, 5.74) is 0.978. The van der Waals surface area contributed by atoms with Crippen molar-refractivity contribution in [1.29, 1.82) is 0 Å². The van der Waals surface area contributed by atoms with Gasteiger partial charge in [-0.05, 0) is 18.1 Å². The molecule has 0 aliphatic carbocycles. The van der Waals surface area contributed by atoms with Crippen LogP contribution >= 0.6 is 11.6 Å². The van der Waals surface area contributed by atoms with Crippen LogP contribution in [0.2, 0.25) is 5.02 Å². The van der Waals surface area contributed by atoms with Crippen LogP contribution in [0.4, 0.5) is 5.69 Å². The zero-order chi connectivity index (χ0) is 11.9. The number of hydrogen-bond donors (Lipinski definition) is 0. The van der Waals surface area contributed by atoms with Crippen LogP contribution in [-0.4, -0.2) is 18.2 Å². The van der Waals surface area contributed by atoms with Crippen molar-refractivity contribution in [3.8, 4) is 0 Å². The molecule has 0 radical (unpaired) electrons. The number of nitrogens with zero attached hydrogens (tertiary/aromatic N) is 1. The Morgan fingerprint density at radius 3 is 2.62 bits per heavy atom. The van der Waals surface area contributed by atoms with Crippen molar-refractivity contribution in [1.82, 2.24) is 0 Å². The Morgan fingerprint density at radius 1 is 1.31 bits per heavy atom. The Bertz CT molecular complexity index is 468. The summed E-state index contributed by atoms with van der Waals surface area (Å²) in [6.45, 7) is 4.54. The Labute approximate surface area is 99.0 Å². The number of rotatable bonds is 2. The van der Waals surface area contributed by atoms with E-state index in [0.717, 1.165) is 0 Å². The van der Waals surface area contributed by atoms with E-state index in [0.29, 0.717) is 28.7 Å². The van der Waals surface area contributed by atoms with E-state index in [2.05, 4.69) is 0 Å². The van der Waals surface area contributed by atoms with Gasteiger partial charge in [0, 0.05) is 6.54 Å². The largest absolute Gasteiger partial charge is 0.304 e. The number of carbonyl (C=O) groups is 2. The number of amides is 1. The molecular formula is C12H12ClNO2.